The zero-order valence-electron chi connectivity index (χ0n) is 15.4. The number of esters is 1. The summed E-state index contributed by atoms with van der Waals surface area (Å²) in [6, 6.07) is 25.1. The average molecular weight is 392 g/mol. The van der Waals surface area contributed by atoms with Gasteiger partial charge in [-0.15, -0.1) is 0 Å². The van der Waals surface area contributed by atoms with Crippen molar-refractivity contribution in [1.29, 1.82) is 0 Å². The molecule has 0 N–H and O–H groups in total. The maximum atomic E-state index is 13.6. The van der Waals surface area contributed by atoms with Gasteiger partial charge in [-0.2, -0.15) is 8.78 Å². The molecule has 146 valence electrons. The maximum Gasteiger partial charge on any atom is 0.320 e. The number of fused-ring (bicyclic) bond motifs is 1. The molecule has 4 rings (SSSR count). The third-order valence-corrected chi connectivity index (χ3v) is 4.71. The fraction of sp³-hybridized carbons (Fsp3) is 0.130. The number of carbonyl (C=O) groups excluding carboxylic acids is 1. The molecule has 0 saturated heterocycles. The summed E-state index contributed by atoms with van der Waals surface area (Å²) in [5, 5.41) is 0. The SMILES string of the molecule is O=C(OCc1nc2ccccc2n1C(F)F)C(c1ccccc1)c1ccccc1. The molecule has 0 fully saturated rings. The molecule has 0 radical (unpaired) electrons. The highest BCUT2D eigenvalue weighted by Gasteiger charge is 2.25. The van der Waals surface area contributed by atoms with Gasteiger partial charge in [0, 0.05) is 0 Å². The first-order chi connectivity index (χ1) is 14.1. The summed E-state index contributed by atoms with van der Waals surface area (Å²) in [6.45, 7) is -3.12. The Morgan fingerprint density at radius 3 is 2.00 bits per heavy atom. The molecule has 0 saturated carbocycles. The number of carbonyl (C=O) groups is 1. The smallest absolute Gasteiger partial charge is 0.320 e. The first-order valence-electron chi connectivity index (χ1n) is 9.15. The van der Waals surface area contributed by atoms with Crippen molar-refractivity contribution in [3.05, 3.63) is 102 Å². The van der Waals surface area contributed by atoms with Crippen LogP contribution >= 0.6 is 0 Å². The molecule has 1 heterocycles. The molecule has 0 aliphatic carbocycles. The van der Waals surface area contributed by atoms with E-state index in [4.69, 9.17) is 4.74 Å². The largest absolute Gasteiger partial charge is 0.457 e. The Morgan fingerprint density at radius 1 is 0.862 bits per heavy atom. The summed E-state index contributed by atoms with van der Waals surface area (Å²) in [7, 11) is 0. The lowest BCUT2D eigenvalue weighted by atomic mass is 9.91. The van der Waals surface area contributed by atoms with Gasteiger partial charge >= 0.3 is 12.5 Å². The third-order valence-electron chi connectivity index (χ3n) is 4.71. The monoisotopic (exact) mass is 392 g/mol. The first-order valence-corrected chi connectivity index (χ1v) is 9.15. The van der Waals surface area contributed by atoms with Crippen LogP contribution in [-0.4, -0.2) is 15.5 Å². The van der Waals surface area contributed by atoms with Gasteiger partial charge in [0.2, 0.25) is 0 Å². The van der Waals surface area contributed by atoms with E-state index in [0.717, 1.165) is 15.7 Å². The zero-order chi connectivity index (χ0) is 20.2. The van der Waals surface area contributed by atoms with Crippen LogP contribution in [0.25, 0.3) is 11.0 Å². The van der Waals surface area contributed by atoms with E-state index in [2.05, 4.69) is 4.98 Å². The molecule has 0 aliphatic rings. The Bertz CT molecular complexity index is 1070. The molecular weight excluding hydrogens is 374 g/mol. The minimum atomic E-state index is -2.78. The summed E-state index contributed by atoms with van der Waals surface area (Å²) in [5.74, 6) is -1.16. The molecule has 4 nitrogen and oxygen atoms in total. The van der Waals surface area contributed by atoms with Crippen LogP contribution in [0.4, 0.5) is 8.78 Å². The summed E-state index contributed by atoms with van der Waals surface area (Å²) < 4.78 is 33.4. The van der Waals surface area contributed by atoms with E-state index in [1.165, 1.54) is 0 Å². The van der Waals surface area contributed by atoms with Crippen LogP contribution in [0.1, 0.15) is 29.4 Å². The number of alkyl halides is 2. The average Bonchev–Trinajstić information content (AvgIpc) is 3.13. The fourth-order valence-corrected chi connectivity index (χ4v) is 3.39. The summed E-state index contributed by atoms with van der Waals surface area (Å²) in [6.07, 6.45) is 0. The van der Waals surface area contributed by atoms with E-state index < -0.39 is 18.4 Å². The van der Waals surface area contributed by atoms with Crippen LogP contribution in [-0.2, 0) is 16.1 Å². The van der Waals surface area contributed by atoms with Crippen molar-refractivity contribution in [3.63, 3.8) is 0 Å². The van der Waals surface area contributed by atoms with Gasteiger partial charge in [0.25, 0.3) is 0 Å². The number of imidazole rings is 1. The van der Waals surface area contributed by atoms with Crippen molar-refractivity contribution in [2.24, 2.45) is 0 Å². The number of nitrogens with zero attached hydrogens (tertiary/aromatic N) is 2. The van der Waals surface area contributed by atoms with Crippen LogP contribution < -0.4 is 0 Å². The van der Waals surface area contributed by atoms with Gasteiger partial charge < -0.3 is 4.74 Å². The normalized spacial score (nSPS) is 11.3. The molecule has 29 heavy (non-hydrogen) atoms. The molecule has 0 amide bonds. The highest BCUT2D eigenvalue weighted by molar-refractivity contribution is 5.82. The van der Waals surface area contributed by atoms with Crippen molar-refractivity contribution >= 4 is 17.0 Å². The minimum absolute atomic E-state index is 0.00873. The lowest BCUT2D eigenvalue weighted by molar-refractivity contribution is -0.146. The van der Waals surface area contributed by atoms with E-state index in [9.17, 15) is 13.6 Å². The van der Waals surface area contributed by atoms with E-state index >= 15 is 0 Å². The Morgan fingerprint density at radius 2 is 1.41 bits per heavy atom. The number of aromatic nitrogens is 2. The standard InChI is InChI=1S/C23H18F2N2O2/c24-23(25)27-19-14-8-7-13-18(19)26-20(27)15-29-22(28)21(16-9-3-1-4-10-16)17-11-5-2-6-12-17/h1-14,21,23H,15H2. The van der Waals surface area contributed by atoms with Crippen molar-refractivity contribution in [2.75, 3.05) is 0 Å². The Hall–Kier alpha value is -3.54. The first kappa shape index (κ1) is 18.8. The fourth-order valence-electron chi connectivity index (χ4n) is 3.39. The number of hydrogen-bond donors (Lipinski definition) is 0. The molecule has 4 aromatic rings. The zero-order valence-corrected chi connectivity index (χ0v) is 15.4. The summed E-state index contributed by atoms with van der Waals surface area (Å²) >= 11 is 0. The minimum Gasteiger partial charge on any atom is -0.457 e. The molecule has 3 aromatic carbocycles. The lowest BCUT2D eigenvalue weighted by Crippen LogP contribution is -2.18. The Kier molecular flexibility index (Phi) is 5.33. The molecule has 0 unspecified atom stereocenters. The van der Waals surface area contributed by atoms with Crippen LogP contribution in [0.5, 0.6) is 0 Å². The number of hydrogen-bond acceptors (Lipinski definition) is 3. The van der Waals surface area contributed by atoms with Crippen molar-refractivity contribution in [2.45, 2.75) is 19.1 Å². The van der Waals surface area contributed by atoms with Crippen molar-refractivity contribution < 1.29 is 18.3 Å². The van der Waals surface area contributed by atoms with Crippen LogP contribution in [0.15, 0.2) is 84.9 Å². The highest BCUT2D eigenvalue weighted by Crippen LogP contribution is 2.28. The van der Waals surface area contributed by atoms with Gasteiger partial charge in [-0.3, -0.25) is 9.36 Å². The second-order valence-corrected chi connectivity index (χ2v) is 6.53. The number of benzene rings is 3. The van der Waals surface area contributed by atoms with Gasteiger partial charge in [0.15, 0.2) is 5.82 Å². The van der Waals surface area contributed by atoms with Crippen LogP contribution in [0.2, 0.25) is 0 Å². The second-order valence-electron chi connectivity index (χ2n) is 6.53. The highest BCUT2D eigenvalue weighted by atomic mass is 19.3. The van der Waals surface area contributed by atoms with Gasteiger partial charge in [-0.1, -0.05) is 72.8 Å². The number of rotatable bonds is 6. The molecule has 0 spiro atoms. The topological polar surface area (TPSA) is 44.1 Å². The van der Waals surface area contributed by atoms with Gasteiger partial charge in [0.1, 0.15) is 12.5 Å². The van der Waals surface area contributed by atoms with Crippen molar-refractivity contribution in [3.8, 4) is 0 Å². The second kappa shape index (κ2) is 8.22. The van der Waals surface area contributed by atoms with Gasteiger partial charge in [-0.25, -0.2) is 4.98 Å². The maximum absolute atomic E-state index is 13.6. The molecular formula is C23H18F2N2O2. The Balaban J connectivity index is 1.63. The van der Waals surface area contributed by atoms with E-state index in [0.29, 0.717) is 11.0 Å². The van der Waals surface area contributed by atoms with E-state index in [1.807, 2.05) is 60.7 Å². The molecule has 0 aliphatic heterocycles. The van der Waals surface area contributed by atoms with Crippen LogP contribution in [0.3, 0.4) is 0 Å². The molecule has 1 aromatic heterocycles. The van der Waals surface area contributed by atoms with E-state index in [1.54, 1.807) is 24.3 Å². The van der Waals surface area contributed by atoms with Gasteiger partial charge in [-0.05, 0) is 23.3 Å². The molecule has 6 heteroatoms. The molecule has 0 bridgehead atoms. The number of para-hydroxylation sites is 2. The van der Waals surface area contributed by atoms with E-state index in [-0.39, 0.29) is 12.4 Å². The molecule has 0 atom stereocenters. The number of ether oxygens (including phenoxy) is 1. The van der Waals surface area contributed by atoms with Crippen LogP contribution in [0, 0.1) is 0 Å². The summed E-state index contributed by atoms with van der Waals surface area (Å²) in [5.41, 5.74) is 2.27. The van der Waals surface area contributed by atoms with Crippen molar-refractivity contribution in [1.82, 2.24) is 9.55 Å². The third kappa shape index (κ3) is 3.87. The van der Waals surface area contributed by atoms with Gasteiger partial charge in [0.05, 0.1) is 11.0 Å². The number of halogens is 2. The quantitative estimate of drug-likeness (QED) is 0.418. The lowest BCUT2D eigenvalue weighted by Gasteiger charge is -2.17. The predicted octanol–water partition coefficient (Wildman–Crippen LogP) is 5.31. The predicted molar refractivity (Wildman–Crippen MR) is 106 cm³/mol. The summed E-state index contributed by atoms with van der Waals surface area (Å²) in [4.78, 5) is 17.2. The Labute approximate surface area is 166 Å².